The Morgan fingerprint density at radius 1 is 1.19 bits per heavy atom. The van der Waals surface area contributed by atoms with Crippen LogP contribution >= 0.6 is 0 Å². The van der Waals surface area contributed by atoms with Gasteiger partial charge in [0.1, 0.15) is 5.69 Å². The molecule has 3 rings (SSSR count). The fourth-order valence-electron chi connectivity index (χ4n) is 2.50. The SMILES string of the molecule is CC(=N)c1cn(-c2ccccc2[N+](=O)[O-])c2ccccc12.CCC(=O)O. The number of rotatable bonds is 4. The van der Waals surface area contributed by atoms with E-state index < -0.39 is 5.97 Å². The summed E-state index contributed by atoms with van der Waals surface area (Å²) in [6.45, 7) is 3.31. The molecule has 0 aliphatic heterocycles. The molecule has 0 aliphatic carbocycles. The molecule has 0 atom stereocenters. The van der Waals surface area contributed by atoms with Crippen molar-refractivity contribution in [2.24, 2.45) is 0 Å². The van der Waals surface area contributed by atoms with E-state index in [1.165, 1.54) is 6.07 Å². The highest BCUT2D eigenvalue weighted by atomic mass is 16.6. The van der Waals surface area contributed by atoms with Crippen LogP contribution in [0.2, 0.25) is 0 Å². The first-order chi connectivity index (χ1) is 12.4. The minimum absolute atomic E-state index is 0.0486. The van der Waals surface area contributed by atoms with Gasteiger partial charge in [-0.15, -0.1) is 0 Å². The zero-order valence-corrected chi connectivity index (χ0v) is 14.5. The normalized spacial score (nSPS) is 10.1. The van der Waals surface area contributed by atoms with Gasteiger partial charge in [-0.2, -0.15) is 0 Å². The molecule has 0 unspecified atom stereocenters. The van der Waals surface area contributed by atoms with Crippen LogP contribution in [0.25, 0.3) is 16.6 Å². The number of aliphatic carboxylic acids is 1. The van der Waals surface area contributed by atoms with Gasteiger partial charge in [0.05, 0.1) is 10.4 Å². The number of hydrogen-bond acceptors (Lipinski definition) is 4. The van der Waals surface area contributed by atoms with Crippen molar-refractivity contribution in [1.82, 2.24) is 4.57 Å². The van der Waals surface area contributed by atoms with E-state index in [1.54, 1.807) is 42.8 Å². The lowest BCUT2D eigenvalue weighted by Crippen LogP contribution is -1.98. The molecule has 7 nitrogen and oxygen atoms in total. The van der Waals surface area contributed by atoms with E-state index in [1.807, 2.05) is 24.3 Å². The Bertz CT molecular complexity index is 976. The van der Waals surface area contributed by atoms with E-state index in [4.69, 9.17) is 10.5 Å². The van der Waals surface area contributed by atoms with Gasteiger partial charge < -0.3 is 15.1 Å². The summed E-state index contributed by atoms with van der Waals surface area (Å²) in [7, 11) is 0. The molecule has 134 valence electrons. The number of carboxylic acid groups (broad SMARTS) is 1. The molecule has 26 heavy (non-hydrogen) atoms. The van der Waals surface area contributed by atoms with E-state index in [0.29, 0.717) is 11.4 Å². The molecule has 0 saturated heterocycles. The van der Waals surface area contributed by atoms with Crippen molar-refractivity contribution in [2.45, 2.75) is 20.3 Å². The summed E-state index contributed by atoms with van der Waals surface area (Å²) in [5.74, 6) is -0.745. The molecular formula is C19H19N3O4. The van der Waals surface area contributed by atoms with Crippen LogP contribution in [-0.2, 0) is 4.79 Å². The number of nitro groups is 1. The third kappa shape index (κ3) is 3.94. The molecule has 1 heterocycles. The lowest BCUT2D eigenvalue weighted by atomic mass is 10.1. The Kier molecular flexibility index (Phi) is 5.85. The molecule has 0 radical (unpaired) electrons. The second-order valence-electron chi connectivity index (χ2n) is 5.55. The number of carboxylic acids is 1. The molecule has 0 amide bonds. The fourth-order valence-corrected chi connectivity index (χ4v) is 2.50. The maximum atomic E-state index is 11.2. The van der Waals surface area contributed by atoms with Crippen LogP contribution in [0.4, 0.5) is 5.69 Å². The topological polar surface area (TPSA) is 109 Å². The van der Waals surface area contributed by atoms with Gasteiger partial charge in [-0.25, -0.2) is 0 Å². The summed E-state index contributed by atoms with van der Waals surface area (Å²) in [5.41, 5.74) is 2.62. The average Bonchev–Trinajstić information content (AvgIpc) is 3.02. The van der Waals surface area contributed by atoms with Gasteiger partial charge in [0, 0.05) is 35.3 Å². The molecule has 0 bridgehead atoms. The van der Waals surface area contributed by atoms with E-state index in [-0.39, 0.29) is 17.0 Å². The number of hydrogen-bond donors (Lipinski definition) is 2. The Balaban J connectivity index is 0.000000431. The van der Waals surface area contributed by atoms with Crippen LogP contribution in [0.15, 0.2) is 54.7 Å². The summed E-state index contributed by atoms with van der Waals surface area (Å²) in [6.07, 6.45) is 2.01. The number of aromatic nitrogens is 1. The maximum absolute atomic E-state index is 11.2. The minimum Gasteiger partial charge on any atom is -0.481 e. The van der Waals surface area contributed by atoms with Crippen LogP contribution in [0.5, 0.6) is 0 Å². The number of carbonyl (C=O) groups is 1. The van der Waals surface area contributed by atoms with Crippen molar-refractivity contribution < 1.29 is 14.8 Å². The summed E-state index contributed by atoms with van der Waals surface area (Å²) in [4.78, 5) is 20.2. The van der Waals surface area contributed by atoms with Crippen molar-refractivity contribution in [1.29, 1.82) is 5.41 Å². The van der Waals surface area contributed by atoms with Gasteiger partial charge in [0.25, 0.3) is 5.69 Å². The molecule has 0 aliphatic rings. The van der Waals surface area contributed by atoms with Gasteiger partial charge in [-0.1, -0.05) is 37.3 Å². The molecule has 0 spiro atoms. The Labute approximate surface area is 150 Å². The number of nitrogens with zero attached hydrogens (tertiary/aromatic N) is 2. The number of benzene rings is 2. The number of para-hydroxylation sites is 3. The van der Waals surface area contributed by atoms with Gasteiger partial charge in [-0.05, 0) is 19.1 Å². The van der Waals surface area contributed by atoms with Gasteiger partial charge in [0.15, 0.2) is 0 Å². The summed E-state index contributed by atoms with van der Waals surface area (Å²) in [5, 5.41) is 27.7. The highest BCUT2D eigenvalue weighted by Gasteiger charge is 2.18. The molecule has 0 fully saturated rings. The van der Waals surface area contributed by atoms with E-state index in [2.05, 4.69) is 0 Å². The molecule has 2 aromatic carbocycles. The van der Waals surface area contributed by atoms with Crippen LogP contribution in [0.1, 0.15) is 25.8 Å². The number of nitrogens with one attached hydrogen (secondary N) is 1. The molecule has 2 N–H and O–H groups in total. The van der Waals surface area contributed by atoms with Gasteiger partial charge in [-0.3, -0.25) is 14.9 Å². The molecular weight excluding hydrogens is 334 g/mol. The van der Waals surface area contributed by atoms with Crippen molar-refractivity contribution in [3.05, 3.63) is 70.4 Å². The predicted octanol–water partition coefficient (Wildman–Crippen LogP) is 4.41. The van der Waals surface area contributed by atoms with Crippen LogP contribution in [0.3, 0.4) is 0 Å². The smallest absolute Gasteiger partial charge is 0.303 e. The van der Waals surface area contributed by atoms with Crippen molar-refractivity contribution in [3.8, 4) is 5.69 Å². The van der Waals surface area contributed by atoms with E-state index in [9.17, 15) is 14.9 Å². The van der Waals surface area contributed by atoms with Crippen molar-refractivity contribution >= 4 is 28.3 Å². The van der Waals surface area contributed by atoms with Gasteiger partial charge >= 0.3 is 5.97 Å². The molecule has 1 aromatic heterocycles. The maximum Gasteiger partial charge on any atom is 0.303 e. The first-order valence-electron chi connectivity index (χ1n) is 7.98. The largest absolute Gasteiger partial charge is 0.481 e. The highest BCUT2D eigenvalue weighted by molar-refractivity contribution is 6.08. The Hall–Kier alpha value is -3.48. The van der Waals surface area contributed by atoms with E-state index >= 15 is 0 Å². The predicted molar refractivity (Wildman–Crippen MR) is 100 cm³/mol. The lowest BCUT2D eigenvalue weighted by molar-refractivity contribution is -0.384. The Morgan fingerprint density at radius 3 is 2.35 bits per heavy atom. The number of fused-ring (bicyclic) bond motifs is 1. The van der Waals surface area contributed by atoms with Crippen molar-refractivity contribution in [3.63, 3.8) is 0 Å². The monoisotopic (exact) mass is 353 g/mol. The third-order valence-corrected chi connectivity index (χ3v) is 3.76. The quantitative estimate of drug-likeness (QED) is 0.411. The Morgan fingerprint density at radius 2 is 1.77 bits per heavy atom. The standard InChI is InChI=1S/C16H13N3O2.C3H6O2/c1-11(17)13-10-18(14-7-3-2-6-12(13)14)15-8-4-5-9-16(15)19(20)21;1-2-3(4)5/h2-10,17H,1H3;2H2,1H3,(H,4,5). The second kappa shape index (κ2) is 8.06. The van der Waals surface area contributed by atoms with Crippen molar-refractivity contribution in [2.75, 3.05) is 0 Å². The molecule has 0 saturated carbocycles. The first-order valence-corrected chi connectivity index (χ1v) is 7.98. The zero-order chi connectivity index (χ0) is 19.3. The molecule has 3 aromatic rings. The average molecular weight is 353 g/mol. The lowest BCUT2D eigenvalue weighted by Gasteiger charge is -2.05. The summed E-state index contributed by atoms with van der Waals surface area (Å²) < 4.78 is 1.78. The second-order valence-corrected chi connectivity index (χ2v) is 5.55. The van der Waals surface area contributed by atoms with Crippen LogP contribution in [0, 0.1) is 15.5 Å². The first kappa shape index (κ1) is 18.9. The summed E-state index contributed by atoms with van der Waals surface area (Å²) in [6, 6.07) is 14.2. The molecule has 7 heteroatoms. The third-order valence-electron chi connectivity index (χ3n) is 3.76. The number of nitro benzene ring substituents is 1. The highest BCUT2D eigenvalue weighted by Crippen LogP contribution is 2.29. The zero-order valence-electron chi connectivity index (χ0n) is 14.5. The summed E-state index contributed by atoms with van der Waals surface area (Å²) >= 11 is 0. The fraction of sp³-hybridized carbons (Fsp3) is 0.158. The van der Waals surface area contributed by atoms with Gasteiger partial charge in [0.2, 0.25) is 0 Å². The van der Waals surface area contributed by atoms with E-state index in [0.717, 1.165) is 16.5 Å². The minimum atomic E-state index is -0.745. The van der Waals surface area contributed by atoms with Crippen LogP contribution in [-0.4, -0.2) is 26.3 Å². The van der Waals surface area contributed by atoms with Crippen LogP contribution < -0.4 is 0 Å².